The fourth-order valence-electron chi connectivity index (χ4n) is 1.73. The van der Waals surface area contributed by atoms with Crippen molar-refractivity contribution in [3.8, 4) is 6.07 Å². The Hall–Kier alpha value is -1.08. The van der Waals surface area contributed by atoms with Gasteiger partial charge in [0.2, 0.25) is 5.91 Å². The SMILES string of the molecule is N#CCNC(=O)CCC1CCCNC1. The number of nitrogens with one attached hydrogen (secondary N) is 2. The van der Waals surface area contributed by atoms with Crippen LogP contribution in [-0.4, -0.2) is 25.5 Å². The Morgan fingerprint density at radius 1 is 1.64 bits per heavy atom. The molecule has 0 bridgehead atoms. The van der Waals surface area contributed by atoms with Crippen molar-refractivity contribution in [2.24, 2.45) is 5.92 Å². The average molecular weight is 195 g/mol. The van der Waals surface area contributed by atoms with Gasteiger partial charge in [0, 0.05) is 6.42 Å². The van der Waals surface area contributed by atoms with Gasteiger partial charge in [-0.3, -0.25) is 4.79 Å². The Labute approximate surface area is 84.7 Å². The Morgan fingerprint density at radius 3 is 3.14 bits per heavy atom. The van der Waals surface area contributed by atoms with E-state index in [9.17, 15) is 4.79 Å². The topological polar surface area (TPSA) is 64.9 Å². The Balaban J connectivity index is 2.07. The fourth-order valence-corrected chi connectivity index (χ4v) is 1.73. The highest BCUT2D eigenvalue weighted by atomic mass is 16.1. The minimum atomic E-state index is -0.00266. The van der Waals surface area contributed by atoms with Gasteiger partial charge in [-0.05, 0) is 38.3 Å². The highest BCUT2D eigenvalue weighted by Gasteiger charge is 2.13. The second-order valence-electron chi connectivity index (χ2n) is 3.69. The molecule has 0 aromatic heterocycles. The quantitative estimate of drug-likeness (QED) is 0.638. The van der Waals surface area contributed by atoms with Crippen molar-refractivity contribution in [3.05, 3.63) is 0 Å². The predicted octanol–water partition coefficient (Wildman–Crippen LogP) is 0.406. The zero-order valence-corrected chi connectivity index (χ0v) is 8.38. The van der Waals surface area contributed by atoms with Crippen LogP contribution in [0.2, 0.25) is 0 Å². The van der Waals surface area contributed by atoms with Crippen LogP contribution < -0.4 is 10.6 Å². The summed E-state index contributed by atoms with van der Waals surface area (Å²) < 4.78 is 0. The molecule has 1 heterocycles. The molecule has 0 saturated carbocycles. The summed E-state index contributed by atoms with van der Waals surface area (Å²) in [4.78, 5) is 11.2. The van der Waals surface area contributed by atoms with Gasteiger partial charge in [-0.1, -0.05) is 0 Å². The van der Waals surface area contributed by atoms with Gasteiger partial charge in [-0.2, -0.15) is 5.26 Å². The second kappa shape index (κ2) is 6.39. The number of carbonyl (C=O) groups excluding carboxylic acids is 1. The first kappa shape index (κ1) is 11.0. The Bertz CT molecular complexity index is 216. The van der Waals surface area contributed by atoms with Crippen molar-refractivity contribution in [2.45, 2.75) is 25.7 Å². The van der Waals surface area contributed by atoms with Gasteiger partial charge in [0.05, 0.1) is 6.07 Å². The molecule has 0 aromatic rings. The van der Waals surface area contributed by atoms with Crippen LogP contribution in [0.15, 0.2) is 0 Å². The number of rotatable bonds is 4. The average Bonchev–Trinajstić information content (AvgIpc) is 2.25. The molecule has 1 amide bonds. The Kier molecular flexibility index (Phi) is 5.02. The monoisotopic (exact) mass is 195 g/mol. The maximum Gasteiger partial charge on any atom is 0.220 e. The molecule has 4 heteroatoms. The van der Waals surface area contributed by atoms with Crippen molar-refractivity contribution < 1.29 is 4.79 Å². The summed E-state index contributed by atoms with van der Waals surface area (Å²) in [5, 5.41) is 14.1. The summed E-state index contributed by atoms with van der Waals surface area (Å²) in [6.45, 7) is 2.27. The number of carbonyl (C=O) groups is 1. The highest BCUT2D eigenvalue weighted by Crippen LogP contribution is 2.15. The van der Waals surface area contributed by atoms with E-state index in [0.717, 1.165) is 19.5 Å². The normalized spacial score (nSPS) is 21.2. The zero-order chi connectivity index (χ0) is 10.2. The van der Waals surface area contributed by atoms with Gasteiger partial charge in [-0.25, -0.2) is 0 Å². The summed E-state index contributed by atoms with van der Waals surface area (Å²) in [6.07, 6.45) is 3.92. The molecule has 2 N–H and O–H groups in total. The lowest BCUT2D eigenvalue weighted by atomic mass is 9.94. The summed E-state index contributed by atoms with van der Waals surface area (Å²) in [6, 6.07) is 1.89. The van der Waals surface area contributed by atoms with Crippen LogP contribution in [0, 0.1) is 17.2 Å². The third-order valence-corrected chi connectivity index (χ3v) is 2.54. The van der Waals surface area contributed by atoms with Crippen molar-refractivity contribution in [1.29, 1.82) is 5.26 Å². The molecule has 0 spiro atoms. The third-order valence-electron chi connectivity index (χ3n) is 2.54. The minimum Gasteiger partial charge on any atom is -0.343 e. The number of nitriles is 1. The molecular weight excluding hydrogens is 178 g/mol. The van der Waals surface area contributed by atoms with Gasteiger partial charge in [0.25, 0.3) is 0 Å². The largest absolute Gasteiger partial charge is 0.343 e. The fraction of sp³-hybridized carbons (Fsp3) is 0.800. The molecule has 4 nitrogen and oxygen atoms in total. The van der Waals surface area contributed by atoms with Crippen molar-refractivity contribution in [1.82, 2.24) is 10.6 Å². The lowest BCUT2D eigenvalue weighted by molar-refractivity contribution is -0.121. The van der Waals surface area contributed by atoms with Gasteiger partial charge in [0.15, 0.2) is 0 Å². The maximum atomic E-state index is 11.2. The first-order chi connectivity index (χ1) is 6.83. The minimum absolute atomic E-state index is 0.00266. The number of amides is 1. The van der Waals surface area contributed by atoms with E-state index in [1.807, 2.05) is 6.07 Å². The van der Waals surface area contributed by atoms with Gasteiger partial charge in [-0.15, -0.1) is 0 Å². The van der Waals surface area contributed by atoms with E-state index in [0.29, 0.717) is 12.3 Å². The van der Waals surface area contributed by atoms with Crippen LogP contribution in [0.5, 0.6) is 0 Å². The van der Waals surface area contributed by atoms with Crippen molar-refractivity contribution in [3.63, 3.8) is 0 Å². The Morgan fingerprint density at radius 2 is 2.50 bits per heavy atom. The lowest BCUT2D eigenvalue weighted by Crippen LogP contribution is -2.31. The van der Waals surface area contributed by atoms with Crippen LogP contribution in [0.1, 0.15) is 25.7 Å². The van der Waals surface area contributed by atoms with E-state index >= 15 is 0 Å². The smallest absolute Gasteiger partial charge is 0.220 e. The molecule has 14 heavy (non-hydrogen) atoms. The van der Waals surface area contributed by atoms with Crippen molar-refractivity contribution in [2.75, 3.05) is 19.6 Å². The van der Waals surface area contributed by atoms with Crippen LogP contribution in [-0.2, 0) is 4.79 Å². The zero-order valence-electron chi connectivity index (χ0n) is 8.38. The molecule has 0 aromatic carbocycles. The van der Waals surface area contributed by atoms with E-state index < -0.39 is 0 Å². The molecule has 78 valence electrons. The molecular formula is C10H17N3O. The number of hydrogen-bond acceptors (Lipinski definition) is 3. The van der Waals surface area contributed by atoms with E-state index in [1.54, 1.807) is 0 Å². The molecule has 1 aliphatic rings. The van der Waals surface area contributed by atoms with E-state index in [-0.39, 0.29) is 12.5 Å². The first-order valence-corrected chi connectivity index (χ1v) is 5.17. The van der Waals surface area contributed by atoms with Crippen LogP contribution in [0.4, 0.5) is 0 Å². The third kappa shape index (κ3) is 4.24. The molecule has 1 atom stereocenters. The van der Waals surface area contributed by atoms with E-state index in [4.69, 9.17) is 5.26 Å². The maximum absolute atomic E-state index is 11.2. The summed E-state index contributed by atoms with van der Waals surface area (Å²) >= 11 is 0. The number of hydrogen-bond donors (Lipinski definition) is 2. The van der Waals surface area contributed by atoms with Gasteiger partial charge < -0.3 is 10.6 Å². The predicted molar refractivity (Wildman–Crippen MR) is 53.5 cm³/mol. The molecule has 0 radical (unpaired) electrons. The molecule has 1 saturated heterocycles. The lowest BCUT2D eigenvalue weighted by Gasteiger charge is -2.22. The first-order valence-electron chi connectivity index (χ1n) is 5.17. The standard InChI is InChI=1S/C10H17N3O/c11-5-7-13-10(14)4-3-9-2-1-6-12-8-9/h9,12H,1-4,6-8H2,(H,13,14). The molecule has 1 fully saturated rings. The highest BCUT2D eigenvalue weighted by molar-refractivity contribution is 5.76. The summed E-state index contributed by atoms with van der Waals surface area (Å²) in [5.41, 5.74) is 0. The van der Waals surface area contributed by atoms with Crippen molar-refractivity contribution >= 4 is 5.91 Å². The summed E-state index contributed by atoms with van der Waals surface area (Å²) in [7, 11) is 0. The van der Waals surface area contributed by atoms with Crippen LogP contribution in [0.3, 0.4) is 0 Å². The van der Waals surface area contributed by atoms with Crippen LogP contribution in [0.25, 0.3) is 0 Å². The molecule has 0 aliphatic carbocycles. The number of nitrogens with zero attached hydrogens (tertiary/aromatic N) is 1. The van der Waals surface area contributed by atoms with Gasteiger partial charge >= 0.3 is 0 Å². The van der Waals surface area contributed by atoms with Crippen LogP contribution >= 0.6 is 0 Å². The second-order valence-corrected chi connectivity index (χ2v) is 3.69. The summed E-state index contributed by atoms with van der Waals surface area (Å²) in [5.74, 6) is 0.633. The molecule has 1 rings (SSSR count). The molecule has 1 aliphatic heterocycles. The van der Waals surface area contributed by atoms with E-state index in [2.05, 4.69) is 10.6 Å². The molecule has 1 unspecified atom stereocenters. The van der Waals surface area contributed by atoms with Gasteiger partial charge in [0.1, 0.15) is 6.54 Å². The number of piperidine rings is 1. The van der Waals surface area contributed by atoms with E-state index in [1.165, 1.54) is 12.8 Å².